The number of methoxy groups -OCH3 is 1. The molecule has 0 aliphatic heterocycles. The molecule has 0 amide bonds. The zero-order chi connectivity index (χ0) is 13.1. The average molecular weight is 289 g/mol. The molecule has 0 heterocycles. The summed E-state index contributed by atoms with van der Waals surface area (Å²) in [6.07, 6.45) is 0. The highest BCUT2D eigenvalue weighted by Crippen LogP contribution is 2.25. The van der Waals surface area contributed by atoms with Gasteiger partial charge in [0.05, 0.1) is 7.11 Å². The zero-order valence-corrected chi connectivity index (χ0v) is 13.2. The van der Waals surface area contributed by atoms with Crippen LogP contribution in [0.3, 0.4) is 0 Å². The molecule has 0 aliphatic carbocycles. The number of hydrogen-bond acceptors (Lipinski definition) is 1. The van der Waals surface area contributed by atoms with E-state index in [1.54, 1.807) is 7.11 Å². The molecule has 0 saturated carbocycles. The van der Waals surface area contributed by atoms with E-state index in [9.17, 15) is 0 Å². The summed E-state index contributed by atoms with van der Waals surface area (Å²) in [6.45, 7) is 12.2. The van der Waals surface area contributed by atoms with Crippen LogP contribution in [0.4, 0.5) is 0 Å². The molecule has 2 heteroatoms. The van der Waals surface area contributed by atoms with Crippen molar-refractivity contribution in [1.82, 2.24) is 0 Å². The van der Waals surface area contributed by atoms with E-state index < -0.39 is 0 Å². The molecule has 1 nitrogen and oxygen atoms in total. The van der Waals surface area contributed by atoms with Crippen molar-refractivity contribution in [2.75, 3.05) is 7.11 Å². The minimum Gasteiger partial charge on any atom is -0.496 e. The summed E-state index contributed by atoms with van der Waals surface area (Å²) in [4.78, 5) is 0. The van der Waals surface area contributed by atoms with E-state index in [4.69, 9.17) is 4.74 Å². The third kappa shape index (κ3) is 5.02. The van der Waals surface area contributed by atoms with E-state index in [0.717, 1.165) is 11.1 Å². The summed E-state index contributed by atoms with van der Waals surface area (Å²) in [5.74, 6) is 0.968. The van der Waals surface area contributed by atoms with E-state index >= 15 is 0 Å². The summed E-state index contributed by atoms with van der Waals surface area (Å²) >= 11 is 3.47. The lowest BCUT2D eigenvalue weighted by Gasteiger charge is -2.10. The fraction of sp³-hybridized carbons (Fsp3) is 0.571. The first-order valence-electron chi connectivity index (χ1n) is 5.89. The second-order valence-electron chi connectivity index (χ2n) is 2.82. The first-order valence-corrected chi connectivity index (χ1v) is 7.02. The van der Waals surface area contributed by atoms with Gasteiger partial charge in [0, 0.05) is 5.33 Å². The van der Waals surface area contributed by atoms with E-state index in [-0.39, 0.29) is 0 Å². The number of ether oxygens (including phenoxy) is 1. The third-order valence-electron chi connectivity index (χ3n) is 2.14. The molecule has 1 rings (SSSR count). The Hall–Kier alpha value is -0.500. The normalized spacial score (nSPS) is 8.25. The smallest absolute Gasteiger partial charge is 0.122 e. The molecule has 94 valence electrons. The molecule has 1 aromatic carbocycles. The van der Waals surface area contributed by atoms with Gasteiger partial charge in [-0.3, -0.25) is 0 Å². The van der Waals surface area contributed by atoms with Gasteiger partial charge in [-0.1, -0.05) is 49.7 Å². The van der Waals surface area contributed by atoms with Crippen LogP contribution in [0.25, 0.3) is 0 Å². The van der Waals surface area contributed by atoms with Gasteiger partial charge in [-0.2, -0.15) is 0 Å². The van der Waals surface area contributed by atoms with Crippen molar-refractivity contribution < 1.29 is 4.74 Å². The second-order valence-corrected chi connectivity index (χ2v) is 3.38. The predicted molar refractivity (Wildman–Crippen MR) is 77.8 cm³/mol. The van der Waals surface area contributed by atoms with Crippen LogP contribution < -0.4 is 4.74 Å². The van der Waals surface area contributed by atoms with E-state index in [0.29, 0.717) is 0 Å². The molecular weight excluding hydrogens is 264 g/mol. The largest absolute Gasteiger partial charge is 0.496 e. The molecule has 0 radical (unpaired) electrons. The summed E-state index contributed by atoms with van der Waals surface area (Å²) in [6, 6.07) is 4.10. The molecule has 0 atom stereocenters. The molecule has 0 bridgehead atoms. The number of aryl methyl sites for hydroxylation is 1. The number of alkyl halides is 1. The van der Waals surface area contributed by atoms with Crippen LogP contribution in [-0.4, -0.2) is 7.11 Å². The summed E-state index contributed by atoms with van der Waals surface area (Å²) in [7, 11) is 1.70. The molecule has 0 saturated heterocycles. The monoisotopic (exact) mass is 288 g/mol. The van der Waals surface area contributed by atoms with Crippen molar-refractivity contribution in [3.05, 3.63) is 28.8 Å². The molecule has 0 aliphatic rings. The fourth-order valence-corrected chi connectivity index (χ4v) is 2.16. The first kappa shape index (κ1) is 17.9. The zero-order valence-electron chi connectivity index (χ0n) is 11.6. The van der Waals surface area contributed by atoms with Crippen molar-refractivity contribution in [2.45, 2.75) is 46.9 Å². The van der Waals surface area contributed by atoms with Gasteiger partial charge in [0.2, 0.25) is 0 Å². The van der Waals surface area contributed by atoms with Gasteiger partial charge < -0.3 is 4.74 Å². The average Bonchev–Trinajstić information content (AvgIpc) is 2.35. The summed E-state index contributed by atoms with van der Waals surface area (Å²) in [5.41, 5.74) is 3.87. The van der Waals surface area contributed by atoms with Crippen molar-refractivity contribution >= 4 is 15.9 Å². The number of rotatable bonds is 2. The van der Waals surface area contributed by atoms with Gasteiger partial charge in [-0.15, -0.1) is 0 Å². The van der Waals surface area contributed by atoms with Gasteiger partial charge in [0.1, 0.15) is 5.75 Å². The quantitative estimate of drug-likeness (QED) is 0.675. The van der Waals surface area contributed by atoms with Gasteiger partial charge in [-0.05, 0) is 36.6 Å². The van der Waals surface area contributed by atoms with Crippen molar-refractivity contribution in [3.8, 4) is 5.75 Å². The maximum Gasteiger partial charge on any atom is 0.122 e. The Balaban J connectivity index is 0. The van der Waals surface area contributed by atoms with E-state index in [1.165, 1.54) is 16.7 Å². The molecular formula is C14H25BrO. The third-order valence-corrected chi connectivity index (χ3v) is 2.70. The Morgan fingerprint density at radius 1 is 1.06 bits per heavy atom. The van der Waals surface area contributed by atoms with Crippen LogP contribution >= 0.6 is 15.9 Å². The van der Waals surface area contributed by atoms with Crippen molar-refractivity contribution in [3.63, 3.8) is 0 Å². The maximum atomic E-state index is 5.22. The van der Waals surface area contributed by atoms with Crippen LogP contribution in [-0.2, 0) is 5.33 Å². The van der Waals surface area contributed by atoms with Crippen LogP contribution in [0.1, 0.15) is 44.4 Å². The minimum absolute atomic E-state index is 0.891. The molecule has 0 spiro atoms. The highest BCUT2D eigenvalue weighted by atomic mass is 79.9. The Morgan fingerprint density at radius 3 is 1.94 bits per heavy atom. The lowest BCUT2D eigenvalue weighted by molar-refractivity contribution is 0.411. The molecule has 0 N–H and O–H groups in total. The summed E-state index contributed by atoms with van der Waals surface area (Å²) in [5, 5.41) is 0.891. The highest BCUT2D eigenvalue weighted by molar-refractivity contribution is 9.08. The van der Waals surface area contributed by atoms with E-state index in [1.807, 2.05) is 33.8 Å². The lowest BCUT2D eigenvalue weighted by atomic mass is 10.0. The maximum absolute atomic E-state index is 5.22. The summed E-state index contributed by atoms with van der Waals surface area (Å²) < 4.78 is 5.22. The van der Waals surface area contributed by atoms with E-state index in [2.05, 4.69) is 35.8 Å². The predicted octanol–water partition coefficient (Wildman–Crippen LogP) is 5.26. The Labute approximate surface area is 109 Å². The molecule has 1 aromatic rings. The van der Waals surface area contributed by atoms with Gasteiger partial charge in [-0.25, -0.2) is 0 Å². The van der Waals surface area contributed by atoms with Crippen LogP contribution in [0.5, 0.6) is 5.75 Å². The van der Waals surface area contributed by atoms with Gasteiger partial charge in [0.25, 0.3) is 0 Å². The molecule has 16 heavy (non-hydrogen) atoms. The van der Waals surface area contributed by atoms with Crippen LogP contribution in [0.15, 0.2) is 12.1 Å². The molecule has 0 unspecified atom stereocenters. The first-order chi connectivity index (χ1) is 7.70. The highest BCUT2D eigenvalue weighted by Gasteiger charge is 2.05. The van der Waals surface area contributed by atoms with Crippen LogP contribution in [0, 0.1) is 13.8 Å². The lowest BCUT2D eigenvalue weighted by Crippen LogP contribution is -1.94. The fourth-order valence-electron chi connectivity index (χ4n) is 1.30. The van der Waals surface area contributed by atoms with Crippen molar-refractivity contribution in [2.24, 2.45) is 0 Å². The number of benzene rings is 1. The van der Waals surface area contributed by atoms with Gasteiger partial charge in [0.15, 0.2) is 0 Å². The second kappa shape index (κ2) is 11.0. The number of halogens is 1. The SMILES string of the molecule is CC.CC.COc1ccc(C)c(CBr)c1C. The topological polar surface area (TPSA) is 9.23 Å². The minimum atomic E-state index is 0.891. The Morgan fingerprint density at radius 2 is 1.56 bits per heavy atom. The van der Waals surface area contributed by atoms with Crippen LogP contribution in [0.2, 0.25) is 0 Å². The standard InChI is InChI=1S/C10H13BrO.2C2H6/c1-7-4-5-10(12-3)8(2)9(7)6-11;2*1-2/h4-5H,6H2,1-3H3;2*1-2H3. The number of hydrogen-bond donors (Lipinski definition) is 0. The van der Waals surface area contributed by atoms with Crippen molar-refractivity contribution in [1.29, 1.82) is 0 Å². The molecule has 0 aromatic heterocycles. The van der Waals surface area contributed by atoms with Gasteiger partial charge >= 0.3 is 0 Å². The molecule has 0 fully saturated rings. The Bertz CT molecular complexity index is 282. The Kier molecular flexibility index (Phi) is 12.3.